The zero-order valence-electron chi connectivity index (χ0n) is 14.9. The minimum Gasteiger partial charge on any atom is -0.383 e. The minimum atomic E-state index is -3.09. The summed E-state index contributed by atoms with van der Waals surface area (Å²) in [4.78, 5) is 14.2. The van der Waals surface area contributed by atoms with Gasteiger partial charge in [0.1, 0.15) is 0 Å². The summed E-state index contributed by atoms with van der Waals surface area (Å²) in [5, 5.41) is 2.79. The Morgan fingerprint density at radius 1 is 1.16 bits per heavy atom. The second-order valence-electron chi connectivity index (χ2n) is 6.02. The molecule has 0 aromatic heterocycles. The van der Waals surface area contributed by atoms with Crippen molar-refractivity contribution < 1.29 is 17.9 Å². The van der Waals surface area contributed by atoms with E-state index < -0.39 is 10.0 Å². The van der Waals surface area contributed by atoms with E-state index in [1.54, 1.807) is 18.3 Å². The van der Waals surface area contributed by atoms with Crippen LogP contribution in [-0.2, 0) is 21.3 Å². The number of nitrogens with zero attached hydrogens (tertiary/aromatic N) is 2. The van der Waals surface area contributed by atoms with Gasteiger partial charge < -0.3 is 10.1 Å². The van der Waals surface area contributed by atoms with Gasteiger partial charge in [-0.25, -0.2) is 8.42 Å². The Hall–Kier alpha value is -1.48. The molecule has 1 amide bonds. The van der Waals surface area contributed by atoms with Crippen molar-refractivity contribution in [3.63, 3.8) is 0 Å². The lowest BCUT2D eigenvalue weighted by molar-refractivity contribution is 0.0937. The Morgan fingerprint density at radius 3 is 2.36 bits per heavy atom. The molecule has 0 aliphatic carbocycles. The molecule has 7 nitrogen and oxygen atoms in total. The van der Waals surface area contributed by atoms with Crippen LogP contribution in [0, 0.1) is 0 Å². The molecule has 0 unspecified atom stereocenters. The fourth-order valence-corrected chi connectivity index (χ4v) is 3.82. The number of amides is 1. The van der Waals surface area contributed by atoms with Gasteiger partial charge in [0.25, 0.3) is 5.91 Å². The lowest BCUT2D eigenvalue weighted by Crippen LogP contribution is -2.48. The highest BCUT2D eigenvalue weighted by Crippen LogP contribution is 2.12. The van der Waals surface area contributed by atoms with Gasteiger partial charge in [-0.1, -0.05) is 12.1 Å². The number of methoxy groups -OCH3 is 1. The number of hydrogen-bond acceptors (Lipinski definition) is 5. The van der Waals surface area contributed by atoms with Gasteiger partial charge in [0.05, 0.1) is 12.4 Å². The van der Waals surface area contributed by atoms with Gasteiger partial charge in [0.2, 0.25) is 10.0 Å². The molecule has 1 N–H and O–H groups in total. The minimum absolute atomic E-state index is 0.109. The van der Waals surface area contributed by atoms with Crippen LogP contribution in [0.15, 0.2) is 24.3 Å². The first-order chi connectivity index (χ1) is 12.0. The topological polar surface area (TPSA) is 79.0 Å². The Bertz CT molecular complexity index is 653. The molecule has 1 saturated heterocycles. The van der Waals surface area contributed by atoms with Crippen LogP contribution in [0.1, 0.15) is 22.8 Å². The SMILES string of the molecule is CCS(=O)(=O)N1CCN(Cc2ccc(C(=O)NCCOC)cc2)CC1. The number of piperazine rings is 1. The standard InChI is InChI=1S/C17H27N3O4S/c1-3-25(22,23)20-11-9-19(10-12-20)14-15-4-6-16(7-5-15)17(21)18-8-13-24-2/h4-7H,3,8-14H2,1-2H3,(H,18,21). The summed E-state index contributed by atoms with van der Waals surface area (Å²) in [5.74, 6) is 0.0444. The highest BCUT2D eigenvalue weighted by atomic mass is 32.2. The maximum absolute atomic E-state index is 11.9. The third kappa shape index (κ3) is 5.78. The summed E-state index contributed by atoms with van der Waals surface area (Å²) < 4.78 is 30.2. The molecule has 1 aliphatic rings. The third-order valence-corrected chi connectivity index (χ3v) is 6.19. The van der Waals surface area contributed by atoms with Crippen LogP contribution in [0.3, 0.4) is 0 Å². The van der Waals surface area contributed by atoms with E-state index in [-0.39, 0.29) is 11.7 Å². The maximum Gasteiger partial charge on any atom is 0.251 e. The van der Waals surface area contributed by atoms with Crippen molar-refractivity contribution in [1.29, 1.82) is 0 Å². The number of nitrogens with one attached hydrogen (secondary N) is 1. The molecular weight excluding hydrogens is 342 g/mol. The highest BCUT2D eigenvalue weighted by molar-refractivity contribution is 7.89. The molecule has 1 heterocycles. The monoisotopic (exact) mass is 369 g/mol. The quantitative estimate of drug-likeness (QED) is 0.676. The molecule has 8 heteroatoms. The van der Waals surface area contributed by atoms with Crippen LogP contribution in [0.5, 0.6) is 0 Å². The molecule has 140 valence electrons. The number of carbonyl (C=O) groups is 1. The van der Waals surface area contributed by atoms with E-state index in [1.165, 1.54) is 0 Å². The summed E-state index contributed by atoms with van der Waals surface area (Å²) >= 11 is 0. The van der Waals surface area contributed by atoms with Gasteiger partial charge in [-0.15, -0.1) is 0 Å². The molecule has 0 radical (unpaired) electrons. The Balaban J connectivity index is 1.83. The number of hydrogen-bond donors (Lipinski definition) is 1. The smallest absolute Gasteiger partial charge is 0.251 e. The number of sulfonamides is 1. The van der Waals surface area contributed by atoms with E-state index in [9.17, 15) is 13.2 Å². The Kier molecular flexibility index (Phi) is 7.37. The van der Waals surface area contributed by atoms with E-state index in [4.69, 9.17) is 4.74 Å². The van der Waals surface area contributed by atoms with E-state index in [0.717, 1.165) is 25.2 Å². The fraction of sp³-hybridized carbons (Fsp3) is 0.588. The number of ether oxygens (including phenoxy) is 1. The van der Waals surface area contributed by atoms with Crippen molar-refractivity contribution in [1.82, 2.24) is 14.5 Å². The molecule has 1 aromatic carbocycles. The molecule has 0 bridgehead atoms. The summed E-state index contributed by atoms with van der Waals surface area (Å²) in [6.45, 7) is 5.93. The van der Waals surface area contributed by atoms with Crippen LogP contribution >= 0.6 is 0 Å². The molecule has 0 atom stereocenters. The summed E-state index contributed by atoms with van der Waals surface area (Å²) in [7, 11) is -1.49. The molecular formula is C17H27N3O4S. The van der Waals surface area contributed by atoms with Crippen LogP contribution in [-0.4, -0.2) is 75.7 Å². The van der Waals surface area contributed by atoms with E-state index >= 15 is 0 Å². The second kappa shape index (κ2) is 9.28. The van der Waals surface area contributed by atoms with Crippen molar-refractivity contribution in [2.24, 2.45) is 0 Å². The van der Waals surface area contributed by atoms with Gasteiger partial charge >= 0.3 is 0 Å². The molecule has 1 fully saturated rings. The van der Waals surface area contributed by atoms with Crippen LogP contribution in [0.2, 0.25) is 0 Å². The zero-order valence-corrected chi connectivity index (χ0v) is 15.7. The predicted octanol–water partition coefficient (Wildman–Crippen LogP) is 0.530. The van der Waals surface area contributed by atoms with Crippen molar-refractivity contribution in [3.8, 4) is 0 Å². The lowest BCUT2D eigenvalue weighted by atomic mass is 10.1. The van der Waals surface area contributed by atoms with E-state index in [1.807, 2.05) is 24.3 Å². The highest BCUT2D eigenvalue weighted by Gasteiger charge is 2.25. The van der Waals surface area contributed by atoms with Crippen molar-refractivity contribution in [3.05, 3.63) is 35.4 Å². The Labute approximate surface area is 150 Å². The molecule has 25 heavy (non-hydrogen) atoms. The third-order valence-electron chi connectivity index (χ3n) is 4.30. The predicted molar refractivity (Wildman–Crippen MR) is 97.0 cm³/mol. The normalized spacial score (nSPS) is 16.7. The molecule has 1 aromatic rings. The first-order valence-corrected chi connectivity index (χ1v) is 10.1. The molecule has 1 aliphatic heterocycles. The van der Waals surface area contributed by atoms with Gasteiger partial charge in [0, 0.05) is 51.9 Å². The van der Waals surface area contributed by atoms with Crippen LogP contribution in [0.4, 0.5) is 0 Å². The number of rotatable bonds is 8. The first-order valence-electron chi connectivity index (χ1n) is 8.52. The number of carbonyl (C=O) groups excluding carboxylic acids is 1. The average molecular weight is 369 g/mol. The first kappa shape index (κ1) is 19.8. The van der Waals surface area contributed by atoms with Gasteiger partial charge in [-0.2, -0.15) is 4.31 Å². The lowest BCUT2D eigenvalue weighted by Gasteiger charge is -2.33. The van der Waals surface area contributed by atoms with Gasteiger partial charge in [-0.3, -0.25) is 9.69 Å². The number of benzene rings is 1. The molecule has 0 spiro atoms. The van der Waals surface area contributed by atoms with Gasteiger partial charge in [-0.05, 0) is 24.6 Å². The fourth-order valence-electron chi connectivity index (χ4n) is 2.74. The van der Waals surface area contributed by atoms with Crippen molar-refractivity contribution in [2.45, 2.75) is 13.5 Å². The second-order valence-corrected chi connectivity index (χ2v) is 8.28. The van der Waals surface area contributed by atoms with E-state index in [2.05, 4.69) is 10.2 Å². The molecule has 2 rings (SSSR count). The average Bonchev–Trinajstić information content (AvgIpc) is 2.63. The summed E-state index contributed by atoms with van der Waals surface area (Å²) in [6, 6.07) is 7.52. The van der Waals surface area contributed by atoms with E-state index in [0.29, 0.717) is 31.8 Å². The van der Waals surface area contributed by atoms with Crippen molar-refractivity contribution >= 4 is 15.9 Å². The Morgan fingerprint density at radius 2 is 1.80 bits per heavy atom. The molecule has 0 saturated carbocycles. The van der Waals surface area contributed by atoms with Crippen molar-refractivity contribution in [2.75, 3.05) is 52.2 Å². The maximum atomic E-state index is 11.9. The van der Waals surface area contributed by atoms with Gasteiger partial charge in [0.15, 0.2) is 0 Å². The summed E-state index contributed by atoms with van der Waals surface area (Å²) in [6.07, 6.45) is 0. The summed E-state index contributed by atoms with van der Waals surface area (Å²) in [5.41, 5.74) is 1.74. The zero-order chi connectivity index (χ0) is 18.3. The van der Waals surface area contributed by atoms with Crippen LogP contribution in [0.25, 0.3) is 0 Å². The van der Waals surface area contributed by atoms with Crippen LogP contribution < -0.4 is 5.32 Å². The largest absolute Gasteiger partial charge is 0.383 e.